The molecule has 0 fully saturated rings. The molecule has 0 aliphatic carbocycles. The molecule has 1 rings (SSSR count). The Hall–Kier alpha value is -0.100. The van der Waals surface area contributed by atoms with E-state index in [1.54, 1.807) is 23.1 Å². The maximum atomic E-state index is 8.44. The highest BCUT2D eigenvalue weighted by Crippen LogP contribution is 2.21. The average molecular weight is 219 g/mol. The van der Waals surface area contributed by atoms with Crippen molar-refractivity contribution in [2.24, 2.45) is 0 Å². The molecule has 74 valence electrons. The van der Waals surface area contributed by atoms with Gasteiger partial charge in [-0.3, -0.25) is 0 Å². The number of rotatable bonds is 6. The lowest BCUT2D eigenvalue weighted by atomic mass is 10.6. The molecular weight excluding hydrogens is 206 g/mol. The van der Waals surface area contributed by atoms with Gasteiger partial charge in [0, 0.05) is 16.8 Å². The highest BCUT2D eigenvalue weighted by atomic mass is 32.2. The normalized spacial score (nSPS) is 10.6. The number of thiazole rings is 1. The van der Waals surface area contributed by atoms with Crippen molar-refractivity contribution < 1.29 is 9.84 Å². The highest BCUT2D eigenvalue weighted by molar-refractivity contribution is 8.01. The van der Waals surface area contributed by atoms with E-state index in [1.165, 1.54) is 0 Å². The Bertz CT molecular complexity index is 240. The third-order valence-corrected chi connectivity index (χ3v) is 3.39. The summed E-state index contributed by atoms with van der Waals surface area (Å²) in [5, 5.41) is 10.5. The first-order valence-corrected chi connectivity index (χ1v) is 5.93. The zero-order valence-corrected chi connectivity index (χ0v) is 9.16. The van der Waals surface area contributed by atoms with E-state index >= 15 is 0 Å². The van der Waals surface area contributed by atoms with Crippen molar-refractivity contribution in [1.82, 2.24) is 4.98 Å². The van der Waals surface area contributed by atoms with Crippen LogP contribution in [0.3, 0.4) is 0 Å². The van der Waals surface area contributed by atoms with Crippen LogP contribution in [0.25, 0.3) is 0 Å². The number of aromatic nitrogens is 1. The fraction of sp³-hybridized carbons (Fsp3) is 0.625. The van der Waals surface area contributed by atoms with E-state index < -0.39 is 0 Å². The topological polar surface area (TPSA) is 42.4 Å². The lowest BCUT2D eigenvalue weighted by Gasteiger charge is -1.99. The molecule has 1 N–H and O–H groups in total. The van der Waals surface area contributed by atoms with Gasteiger partial charge in [-0.15, -0.1) is 11.3 Å². The van der Waals surface area contributed by atoms with Gasteiger partial charge in [0.2, 0.25) is 0 Å². The Labute approximate surface area is 86.1 Å². The van der Waals surface area contributed by atoms with Crippen molar-refractivity contribution in [2.75, 3.05) is 25.6 Å². The monoisotopic (exact) mass is 219 g/mol. The van der Waals surface area contributed by atoms with Gasteiger partial charge < -0.3 is 9.84 Å². The summed E-state index contributed by atoms with van der Waals surface area (Å²) >= 11 is 3.35. The maximum absolute atomic E-state index is 8.44. The number of aliphatic hydroxyl groups excluding tert-OH is 1. The first-order valence-electron chi connectivity index (χ1n) is 4.06. The number of hydrogen-bond acceptors (Lipinski definition) is 5. The first-order chi connectivity index (χ1) is 6.33. The minimum absolute atomic E-state index is 0.0982. The molecule has 3 nitrogen and oxygen atoms in total. The van der Waals surface area contributed by atoms with Gasteiger partial charge in [0.05, 0.1) is 19.8 Å². The van der Waals surface area contributed by atoms with Crippen molar-refractivity contribution in [1.29, 1.82) is 0 Å². The molecule has 0 aliphatic heterocycles. The van der Waals surface area contributed by atoms with Crippen LogP contribution in [0.4, 0.5) is 0 Å². The molecule has 1 heterocycles. The van der Waals surface area contributed by atoms with Gasteiger partial charge in [0.15, 0.2) is 0 Å². The van der Waals surface area contributed by atoms with Gasteiger partial charge >= 0.3 is 0 Å². The zero-order valence-electron chi connectivity index (χ0n) is 7.52. The Kier molecular flexibility index (Phi) is 5.38. The maximum Gasteiger partial charge on any atom is 0.150 e. The van der Waals surface area contributed by atoms with Crippen molar-refractivity contribution in [3.63, 3.8) is 0 Å². The van der Waals surface area contributed by atoms with Gasteiger partial charge in [-0.25, -0.2) is 4.98 Å². The Morgan fingerprint density at radius 3 is 3.08 bits per heavy atom. The fourth-order valence-electron chi connectivity index (χ4n) is 0.753. The molecule has 0 saturated carbocycles. The number of nitrogens with zero attached hydrogens (tertiary/aromatic N) is 1. The van der Waals surface area contributed by atoms with E-state index in [9.17, 15) is 0 Å². The fourth-order valence-corrected chi connectivity index (χ4v) is 2.52. The molecule has 13 heavy (non-hydrogen) atoms. The summed E-state index contributed by atoms with van der Waals surface area (Å²) in [6, 6.07) is 0. The van der Waals surface area contributed by atoms with Crippen molar-refractivity contribution in [3.8, 4) is 0 Å². The summed E-state index contributed by atoms with van der Waals surface area (Å²) in [6.45, 7) is 3.19. The summed E-state index contributed by atoms with van der Waals surface area (Å²) < 4.78 is 6.21. The molecule has 0 atom stereocenters. The minimum atomic E-state index is 0.0982. The molecule has 0 spiro atoms. The summed E-state index contributed by atoms with van der Waals surface area (Å²) in [5.74, 6) is 0.896. The van der Waals surface area contributed by atoms with Crippen LogP contribution in [0.5, 0.6) is 0 Å². The summed E-state index contributed by atoms with van der Waals surface area (Å²) in [4.78, 5) is 4.31. The molecular formula is C8H13NO2S2. The van der Waals surface area contributed by atoms with Crippen molar-refractivity contribution in [3.05, 3.63) is 11.1 Å². The third kappa shape index (κ3) is 4.61. The van der Waals surface area contributed by atoms with E-state index in [2.05, 4.69) is 4.98 Å². The molecule has 0 unspecified atom stereocenters. The van der Waals surface area contributed by atoms with Crippen LogP contribution in [0.1, 0.15) is 5.69 Å². The molecule has 0 bridgehead atoms. The van der Waals surface area contributed by atoms with Crippen molar-refractivity contribution in [2.45, 2.75) is 11.3 Å². The second-order valence-corrected chi connectivity index (χ2v) is 4.64. The van der Waals surface area contributed by atoms with Crippen LogP contribution in [0.2, 0.25) is 0 Å². The molecule has 1 aromatic rings. The second-order valence-electron chi connectivity index (χ2n) is 2.44. The summed E-state index contributed by atoms with van der Waals surface area (Å²) in [5.41, 5.74) is 1.07. The first kappa shape index (κ1) is 11.0. The van der Waals surface area contributed by atoms with Crippen LogP contribution in [0, 0.1) is 6.92 Å². The number of ether oxygens (including phenoxy) is 1. The van der Waals surface area contributed by atoms with E-state index in [1.807, 2.05) is 12.3 Å². The van der Waals surface area contributed by atoms with Crippen LogP contribution in [-0.2, 0) is 4.74 Å². The highest BCUT2D eigenvalue weighted by Gasteiger charge is 1.98. The smallest absolute Gasteiger partial charge is 0.150 e. The summed E-state index contributed by atoms with van der Waals surface area (Å²) in [6.07, 6.45) is 0. The molecule has 1 aromatic heterocycles. The van der Waals surface area contributed by atoms with Crippen molar-refractivity contribution >= 4 is 23.1 Å². The Balaban J connectivity index is 2.06. The SMILES string of the molecule is Cc1csc(SCCOCCO)n1. The van der Waals surface area contributed by atoms with Crippen LogP contribution < -0.4 is 0 Å². The molecule has 0 aromatic carbocycles. The van der Waals surface area contributed by atoms with Gasteiger partial charge in [0.25, 0.3) is 0 Å². The lowest BCUT2D eigenvalue weighted by Crippen LogP contribution is -2.02. The molecule has 5 heteroatoms. The predicted molar refractivity (Wildman–Crippen MR) is 55.5 cm³/mol. The van der Waals surface area contributed by atoms with Gasteiger partial charge in [-0.2, -0.15) is 0 Å². The third-order valence-electron chi connectivity index (χ3n) is 1.29. The number of thioether (sulfide) groups is 1. The Morgan fingerprint density at radius 2 is 2.46 bits per heavy atom. The number of aryl methyl sites for hydroxylation is 1. The quantitative estimate of drug-likeness (QED) is 0.582. The standard InChI is InChI=1S/C8H13NO2S2/c1-7-6-13-8(9-7)12-5-4-11-3-2-10/h6,10H,2-5H2,1H3. The van der Waals surface area contributed by atoms with Crippen LogP contribution >= 0.6 is 23.1 Å². The largest absolute Gasteiger partial charge is 0.394 e. The predicted octanol–water partition coefficient (Wildman–Crippen LogP) is 1.55. The van der Waals surface area contributed by atoms with Crippen LogP contribution in [-0.4, -0.2) is 35.7 Å². The average Bonchev–Trinajstić information content (AvgIpc) is 2.51. The van der Waals surface area contributed by atoms with E-state index in [4.69, 9.17) is 9.84 Å². The zero-order chi connectivity index (χ0) is 9.52. The molecule has 0 aliphatic rings. The van der Waals surface area contributed by atoms with Gasteiger partial charge in [-0.05, 0) is 6.92 Å². The van der Waals surface area contributed by atoms with E-state index in [-0.39, 0.29) is 6.61 Å². The molecule has 0 radical (unpaired) electrons. The second kappa shape index (κ2) is 6.37. The molecule has 0 saturated heterocycles. The van der Waals surface area contributed by atoms with E-state index in [0.717, 1.165) is 15.8 Å². The number of hydrogen-bond donors (Lipinski definition) is 1. The molecule has 0 amide bonds. The Morgan fingerprint density at radius 1 is 1.62 bits per heavy atom. The van der Waals surface area contributed by atoms with Crippen LogP contribution in [0.15, 0.2) is 9.72 Å². The van der Waals surface area contributed by atoms with Gasteiger partial charge in [-0.1, -0.05) is 11.8 Å². The van der Waals surface area contributed by atoms with Gasteiger partial charge in [0.1, 0.15) is 4.34 Å². The minimum Gasteiger partial charge on any atom is -0.394 e. The number of aliphatic hydroxyl groups is 1. The summed E-state index contributed by atoms with van der Waals surface area (Å²) in [7, 11) is 0. The van der Waals surface area contributed by atoms with E-state index in [0.29, 0.717) is 13.2 Å². The lowest BCUT2D eigenvalue weighted by molar-refractivity contribution is 0.103.